The van der Waals surface area contributed by atoms with Crippen LogP contribution in [0.15, 0.2) is 78.9 Å². The summed E-state index contributed by atoms with van der Waals surface area (Å²) in [7, 11) is 0. The Morgan fingerprint density at radius 1 is 0.432 bits per heavy atom. The molecule has 0 amide bonds. The van der Waals surface area contributed by atoms with E-state index >= 15 is 0 Å². The summed E-state index contributed by atoms with van der Waals surface area (Å²) in [4.78, 5) is 35.6. The number of fused-ring (bicyclic) bond motifs is 20. The molecule has 2 aliphatic heterocycles. The van der Waals surface area contributed by atoms with Crippen molar-refractivity contribution < 1.29 is 37.7 Å². The van der Waals surface area contributed by atoms with Gasteiger partial charge in [-0.3, -0.25) is 0 Å². The van der Waals surface area contributed by atoms with Gasteiger partial charge < -0.3 is 25.3 Å². The maximum atomic E-state index is 11.0. The van der Waals surface area contributed by atoms with Crippen LogP contribution < -0.4 is 0 Å². The number of aromatic nitrogens is 8. The van der Waals surface area contributed by atoms with Crippen molar-refractivity contribution in [3.8, 4) is 62.8 Å². The Labute approximate surface area is 262 Å². The Bertz CT molecular complexity index is 2520. The minimum atomic E-state index is -0.663. The van der Waals surface area contributed by atoms with Crippen LogP contribution in [0.4, 0.5) is 0 Å². The SMILES string of the molecule is Oc1cc2c3nc4nc(nc5[nH]c(nc6nc(nc([nH]3)c2c(O)c1O)-c1ccccc1-6)c1ccccc51)-c1ccccc1-4.[Ag]. The molecule has 4 aromatic carbocycles. The van der Waals surface area contributed by atoms with Crippen LogP contribution in [0.25, 0.3) is 89.7 Å². The average molecular weight is 670 g/mol. The van der Waals surface area contributed by atoms with Crippen LogP contribution in [0.5, 0.6) is 17.2 Å². The number of rotatable bonds is 0. The van der Waals surface area contributed by atoms with Crippen LogP contribution in [0.1, 0.15) is 0 Å². The molecule has 0 spiro atoms. The molecule has 1 radical (unpaired) electrons. The van der Waals surface area contributed by atoms with Gasteiger partial charge in [0.1, 0.15) is 22.6 Å². The van der Waals surface area contributed by atoms with E-state index < -0.39 is 17.2 Å². The van der Waals surface area contributed by atoms with E-state index in [0.717, 1.165) is 33.0 Å². The number of hydrogen-bond donors (Lipinski definition) is 5. The van der Waals surface area contributed by atoms with Gasteiger partial charge in [0.25, 0.3) is 0 Å². The van der Waals surface area contributed by atoms with Gasteiger partial charge in [0.2, 0.25) is 5.75 Å². The van der Waals surface area contributed by atoms with Crippen molar-refractivity contribution in [3.05, 3.63) is 78.9 Å². The molecule has 8 bridgehead atoms. The fourth-order valence-electron chi connectivity index (χ4n) is 5.76. The molecule has 0 atom stereocenters. The molecule has 0 aliphatic carbocycles. The van der Waals surface area contributed by atoms with Gasteiger partial charge in [-0.2, -0.15) is 0 Å². The Hall–Kier alpha value is -5.62. The summed E-state index contributed by atoms with van der Waals surface area (Å²) in [6, 6.07) is 24.4. The van der Waals surface area contributed by atoms with Crippen molar-refractivity contribution in [2.75, 3.05) is 0 Å². The number of phenols is 3. The molecule has 0 unspecified atom stereocenters. The van der Waals surface area contributed by atoms with Gasteiger partial charge in [0.15, 0.2) is 34.8 Å². The van der Waals surface area contributed by atoms with Crippen molar-refractivity contribution in [1.82, 2.24) is 39.9 Å². The molecule has 9 rings (SSSR count). The Morgan fingerprint density at radius 2 is 0.818 bits per heavy atom. The Morgan fingerprint density at radius 3 is 1.30 bits per heavy atom. The molecule has 11 nitrogen and oxygen atoms in total. The van der Waals surface area contributed by atoms with E-state index in [1.807, 2.05) is 72.8 Å². The summed E-state index contributed by atoms with van der Waals surface area (Å²) in [5, 5.41) is 34.0. The first-order valence-electron chi connectivity index (χ1n) is 13.4. The summed E-state index contributed by atoms with van der Waals surface area (Å²) in [6.07, 6.45) is 0. The zero-order valence-electron chi connectivity index (χ0n) is 22.3. The molecule has 5 heterocycles. The first-order chi connectivity index (χ1) is 21.0. The second-order valence-electron chi connectivity index (χ2n) is 10.3. The van der Waals surface area contributed by atoms with Crippen LogP contribution in [-0.4, -0.2) is 55.2 Å². The minimum Gasteiger partial charge on any atom is -0.504 e. The van der Waals surface area contributed by atoms with Crippen molar-refractivity contribution in [2.24, 2.45) is 0 Å². The zero-order chi connectivity index (χ0) is 28.8. The fraction of sp³-hybridized carbons (Fsp3) is 0. The summed E-state index contributed by atoms with van der Waals surface area (Å²) in [5.74, 6) is -0.0602. The summed E-state index contributed by atoms with van der Waals surface area (Å²) < 4.78 is 0. The number of benzene rings is 4. The molecule has 2 aliphatic rings. The standard InChI is InChI=1S/C32H18N8O3.Ag/c41-21-13-20-22(24(43)23(21)42)32-39-30-19-12-6-5-11-18(19)28(37-30)35-26-15-8-2-1-7-14(15)25(33-26)34-27-16-9-3-4-10-17(16)29(36-27)38-31(20)40-32;/h1-13,41-43H,(H2,33,34,35,36,37,38,39,40);. The third-order valence-electron chi connectivity index (χ3n) is 7.77. The van der Waals surface area contributed by atoms with Crippen molar-refractivity contribution in [2.45, 2.75) is 0 Å². The number of hydrogen-bond acceptors (Lipinski definition) is 9. The van der Waals surface area contributed by atoms with Crippen LogP contribution in [0.3, 0.4) is 0 Å². The molecule has 215 valence electrons. The molecule has 12 heteroatoms. The molecule has 44 heavy (non-hydrogen) atoms. The van der Waals surface area contributed by atoms with Gasteiger partial charge in [0.05, 0.1) is 5.39 Å². The number of aromatic amines is 2. The smallest absolute Gasteiger partial charge is 0.201 e. The zero-order valence-corrected chi connectivity index (χ0v) is 23.8. The molecule has 0 fully saturated rings. The van der Waals surface area contributed by atoms with E-state index in [2.05, 4.69) is 9.97 Å². The second kappa shape index (κ2) is 9.44. The van der Waals surface area contributed by atoms with E-state index in [0.29, 0.717) is 40.0 Å². The third-order valence-corrected chi connectivity index (χ3v) is 7.77. The maximum absolute atomic E-state index is 11.0. The van der Waals surface area contributed by atoms with E-state index in [9.17, 15) is 15.3 Å². The van der Waals surface area contributed by atoms with Crippen molar-refractivity contribution in [1.29, 1.82) is 0 Å². The van der Waals surface area contributed by atoms with Gasteiger partial charge in [0, 0.05) is 60.8 Å². The molecule has 3 aromatic heterocycles. The van der Waals surface area contributed by atoms with Gasteiger partial charge >= 0.3 is 0 Å². The predicted molar refractivity (Wildman–Crippen MR) is 161 cm³/mol. The maximum Gasteiger partial charge on any atom is 0.201 e. The van der Waals surface area contributed by atoms with Crippen molar-refractivity contribution in [3.63, 3.8) is 0 Å². The van der Waals surface area contributed by atoms with E-state index in [1.165, 1.54) is 6.07 Å². The van der Waals surface area contributed by atoms with E-state index in [1.54, 1.807) is 0 Å². The number of phenolic OH excluding ortho intramolecular Hbond substituents is 3. The van der Waals surface area contributed by atoms with Crippen LogP contribution in [-0.2, 0) is 22.4 Å². The van der Waals surface area contributed by atoms with Gasteiger partial charge in [-0.1, -0.05) is 72.8 Å². The molecule has 7 aromatic rings. The first kappa shape index (κ1) is 26.0. The van der Waals surface area contributed by atoms with Crippen molar-refractivity contribution >= 4 is 44.1 Å². The van der Waals surface area contributed by atoms with Crippen LogP contribution >= 0.6 is 0 Å². The normalized spacial score (nSPS) is 11.7. The van der Waals surface area contributed by atoms with E-state index in [4.69, 9.17) is 29.9 Å². The largest absolute Gasteiger partial charge is 0.504 e. The second-order valence-corrected chi connectivity index (χ2v) is 10.3. The molecular formula is C32H18AgN8O3. The number of H-pyrrole nitrogens is 2. The number of nitrogens with one attached hydrogen (secondary N) is 2. The van der Waals surface area contributed by atoms with Crippen LogP contribution in [0.2, 0.25) is 0 Å². The quantitative estimate of drug-likeness (QED) is 0.0962. The van der Waals surface area contributed by atoms with Crippen LogP contribution in [0, 0.1) is 0 Å². The van der Waals surface area contributed by atoms with E-state index in [-0.39, 0.29) is 39.1 Å². The molecular weight excluding hydrogens is 652 g/mol. The average Bonchev–Trinajstić information content (AvgIpc) is 3.75. The molecule has 0 saturated carbocycles. The van der Waals surface area contributed by atoms with Gasteiger partial charge in [-0.05, 0) is 6.07 Å². The predicted octanol–water partition coefficient (Wildman–Crippen LogP) is 5.98. The monoisotopic (exact) mass is 669 g/mol. The van der Waals surface area contributed by atoms with Gasteiger partial charge in [-0.25, -0.2) is 29.9 Å². The minimum absolute atomic E-state index is 0. The topological polar surface area (TPSA) is 170 Å². The fourth-order valence-corrected chi connectivity index (χ4v) is 5.76. The molecule has 0 saturated heterocycles. The summed E-state index contributed by atoms with van der Waals surface area (Å²) in [6.45, 7) is 0. The summed E-state index contributed by atoms with van der Waals surface area (Å²) in [5.41, 5.74) is 4.71. The third kappa shape index (κ3) is 3.67. The number of nitrogens with zero attached hydrogens (tertiary/aromatic N) is 6. The Kier molecular flexibility index (Phi) is 5.59. The molecule has 5 N–H and O–H groups in total. The first-order valence-corrected chi connectivity index (χ1v) is 13.4. The summed E-state index contributed by atoms with van der Waals surface area (Å²) >= 11 is 0. The van der Waals surface area contributed by atoms with Gasteiger partial charge in [-0.15, -0.1) is 0 Å². The Balaban J connectivity index is 0.00000289. The number of aromatic hydroxyl groups is 3.